The Bertz CT molecular complexity index is 272. The van der Waals surface area contributed by atoms with E-state index in [1.54, 1.807) is 0 Å². The number of piperazine rings is 1. The fourth-order valence-corrected chi connectivity index (χ4v) is 3.75. The molecule has 1 atom stereocenters. The minimum Gasteiger partial charge on any atom is -0.295 e. The largest absolute Gasteiger partial charge is 0.295 e. The van der Waals surface area contributed by atoms with E-state index in [-0.39, 0.29) is 0 Å². The normalized spacial score (nSPS) is 35.2. The van der Waals surface area contributed by atoms with Gasteiger partial charge in [-0.05, 0) is 51.4 Å². The quantitative estimate of drug-likeness (QED) is 0.724. The van der Waals surface area contributed by atoms with Crippen molar-refractivity contribution in [2.24, 2.45) is 11.8 Å². The molecule has 0 amide bonds. The molecule has 0 radical (unpaired) electrons. The molecule has 0 aromatic rings. The molecule has 1 aliphatic carbocycles. The summed E-state index contributed by atoms with van der Waals surface area (Å²) in [6, 6.07) is 0.969. The lowest BCUT2D eigenvalue weighted by Gasteiger charge is -2.45. The first kappa shape index (κ1) is 15.2. The van der Waals surface area contributed by atoms with Crippen molar-refractivity contribution < 1.29 is 4.39 Å². The summed E-state index contributed by atoms with van der Waals surface area (Å²) in [5.41, 5.74) is 0. The van der Waals surface area contributed by atoms with Gasteiger partial charge in [-0.1, -0.05) is 13.8 Å². The van der Waals surface area contributed by atoms with Crippen molar-refractivity contribution in [2.45, 2.75) is 71.8 Å². The van der Waals surface area contributed by atoms with E-state index in [0.717, 1.165) is 24.9 Å². The van der Waals surface area contributed by atoms with Gasteiger partial charge in [0.05, 0.1) is 0 Å². The molecule has 2 aliphatic rings. The molecule has 19 heavy (non-hydrogen) atoms. The standard InChI is InChI=1S/C16H31FN2/c1-12(2)14-5-7-15(8-6-14)19-10-9-18(13(3)4)11-16(19)17/h12-16H,5-11H2,1-4H3/t14?,15?,16-/m1/s1. The van der Waals surface area contributed by atoms with Crippen LogP contribution in [0.25, 0.3) is 0 Å². The molecular formula is C16H31FN2. The van der Waals surface area contributed by atoms with Crippen LogP contribution >= 0.6 is 0 Å². The molecule has 1 aliphatic heterocycles. The lowest BCUT2D eigenvalue weighted by Crippen LogP contribution is -2.56. The van der Waals surface area contributed by atoms with Gasteiger partial charge < -0.3 is 0 Å². The Labute approximate surface area is 118 Å². The van der Waals surface area contributed by atoms with Crippen molar-refractivity contribution in [3.8, 4) is 0 Å². The average Bonchev–Trinajstić information content (AvgIpc) is 2.38. The van der Waals surface area contributed by atoms with Crippen LogP contribution in [0.15, 0.2) is 0 Å². The summed E-state index contributed by atoms with van der Waals surface area (Å²) in [7, 11) is 0. The summed E-state index contributed by atoms with van der Waals surface area (Å²) < 4.78 is 14.4. The maximum atomic E-state index is 14.4. The molecule has 0 aromatic carbocycles. The summed E-state index contributed by atoms with van der Waals surface area (Å²) in [6.45, 7) is 11.5. The third kappa shape index (κ3) is 3.69. The van der Waals surface area contributed by atoms with Gasteiger partial charge in [0.25, 0.3) is 0 Å². The number of rotatable bonds is 3. The van der Waals surface area contributed by atoms with Crippen LogP contribution in [0.4, 0.5) is 4.39 Å². The number of hydrogen-bond donors (Lipinski definition) is 0. The summed E-state index contributed by atoms with van der Waals surface area (Å²) in [5.74, 6) is 1.66. The van der Waals surface area contributed by atoms with Gasteiger partial charge in [0, 0.05) is 31.7 Å². The molecule has 1 saturated heterocycles. The van der Waals surface area contributed by atoms with Gasteiger partial charge in [-0.25, -0.2) is 4.39 Å². The minimum atomic E-state index is -0.753. The zero-order chi connectivity index (χ0) is 14.0. The maximum Gasteiger partial charge on any atom is 0.166 e. The zero-order valence-electron chi connectivity index (χ0n) is 13.1. The van der Waals surface area contributed by atoms with Crippen molar-refractivity contribution in [3.63, 3.8) is 0 Å². The van der Waals surface area contributed by atoms with E-state index in [1.165, 1.54) is 25.7 Å². The molecule has 3 heteroatoms. The third-order valence-electron chi connectivity index (χ3n) is 5.27. The lowest BCUT2D eigenvalue weighted by molar-refractivity contribution is -0.0489. The van der Waals surface area contributed by atoms with Gasteiger partial charge in [0.1, 0.15) is 0 Å². The Morgan fingerprint density at radius 3 is 2.05 bits per heavy atom. The second-order valence-corrected chi connectivity index (χ2v) is 7.07. The molecule has 0 bridgehead atoms. The topological polar surface area (TPSA) is 6.48 Å². The fourth-order valence-electron chi connectivity index (χ4n) is 3.75. The van der Waals surface area contributed by atoms with Crippen LogP contribution in [0.1, 0.15) is 53.4 Å². The van der Waals surface area contributed by atoms with Gasteiger partial charge in [-0.15, -0.1) is 0 Å². The number of hydrogen-bond acceptors (Lipinski definition) is 2. The van der Waals surface area contributed by atoms with Crippen LogP contribution in [-0.2, 0) is 0 Å². The van der Waals surface area contributed by atoms with Crippen LogP contribution < -0.4 is 0 Å². The fraction of sp³-hybridized carbons (Fsp3) is 1.00. The predicted octanol–water partition coefficient (Wildman–Crippen LogP) is 3.52. The molecule has 2 fully saturated rings. The summed E-state index contributed by atoms with van der Waals surface area (Å²) >= 11 is 0. The first-order valence-electron chi connectivity index (χ1n) is 8.13. The van der Waals surface area contributed by atoms with Crippen molar-refractivity contribution in [1.82, 2.24) is 9.80 Å². The van der Waals surface area contributed by atoms with Crippen molar-refractivity contribution in [2.75, 3.05) is 19.6 Å². The van der Waals surface area contributed by atoms with Crippen LogP contribution in [0.2, 0.25) is 0 Å². The van der Waals surface area contributed by atoms with Gasteiger partial charge in [-0.2, -0.15) is 0 Å². The van der Waals surface area contributed by atoms with Gasteiger partial charge >= 0.3 is 0 Å². The lowest BCUT2D eigenvalue weighted by atomic mass is 9.79. The van der Waals surface area contributed by atoms with E-state index in [4.69, 9.17) is 0 Å². The minimum absolute atomic E-state index is 0.470. The molecule has 0 spiro atoms. The smallest absolute Gasteiger partial charge is 0.166 e. The molecular weight excluding hydrogens is 239 g/mol. The van der Waals surface area contributed by atoms with E-state index in [1.807, 2.05) is 0 Å². The number of nitrogens with zero attached hydrogens (tertiary/aromatic N) is 2. The van der Waals surface area contributed by atoms with Gasteiger partial charge in [0.2, 0.25) is 0 Å². The molecule has 0 aromatic heterocycles. The highest BCUT2D eigenvalue weighted by Gasteiger charge is 2.35. The molecule has 1 saturated carbocycles. The summed E-state index contributed by atoms with van der Waals surface area (Å²) in [6.07, 6.45) is 4.23. The molecule has 2 rings (SSSR count). The SMILES string of the molecule is CC(C)C1CCC(N2CCN(C(C)C)C[C@@H]2F)CC1. The van der Waals surface area contributed by atoms with Crippen molar-refractivity contribution >= 4 is 0 Å². The summed E-state index contributed by atoms with van der Waals surface area (Å²) in [4.78, 5) is 4.41. The van der Waals surface area contributed by atoms with Gasteiger partial charge in [0.15, 0.2) is 6.30 Å². The number of halogens is 1. The first-order valence-corrected chi connectivity index (χ1v) is 8.13. The van der Waals surface area contributed by atoms with E-state index >= 15 is 0 Å². The molecule has 1 heterocycles. The molecule has 0 unspecified atom stereocenters. The van der Waals surface area contributed by atoms with Crippen LogP contribution in [0.3, 0.4) is 0 Å². The first-order chi connectivity index (χ1) is 8.99. The highest BCUT2D eigenvalue weighted by molar-refractivity contribution is 4.86. The zero-order valence-corrected chi connectivity index (χ0v) is 13.1. The Balaban J connectivity index is 1.84. The van der Waals surface area contributed by atoms with Crippen molar-refractivity contribution in [3.05, 3.63) is 0 Å². The van der Waals surface area contributed by atoms with Gasteiger partial charge in [-0.3, -0.25) is 9.80 Å². The summed E-state index contributed by atoms with van der Waals surface area (Å²) in [5, 5.41) is 0. The Morgan fingerprint density at radius 1 is 0.947 bits per heavy atom. The monoisotopic (exact) mass is 270 g/mol. The average molecular weight is 270 g/mol. The predicted molar refractivity (Wildman–Crippen MR) is 78.9 cm³/mol. The Kier molecular flexibility index (Phi) is 5.24. The van der Waals surface area contributed by atoms with E-state index in [0.29, 0.717) is 18.6 Å². The number of alkyl halides is 1. The maximum absolute atomic E-state index is 14.4. The van der Waals surface area contributed by atoms with E-state index < -0.39 is 6.30 Å². The molecule has 2 nitrogen and oxygen atoms in total. The van der Waals surface area contributed by atoms with Crippen LogP contribution in [0, 0.1) is 11.8 Å². The Hall–Kier alpha value is -0.150. The van der Waals surface area contributed by atoms with Crippen LogP contribution in [-0.4, -0.2) is 47.8 Å². The molecule has 0 N–H and O–H groups in total. The highest BCUT2D eigenvalue weighted by atomic mass is 19.1. The van der Waals surface area contributed by atoms with Crippen molar-refractivity contribution in [1.29, 1.82) is 0 Å². The van der Waals surface area contributed by atoms with E-state index in [2.05, 4.69) is 37.5 Å². The van der Waals surface area contributed by atoms with Crippen LogP contribution in [0.5, 0.6) is 0 Å². The molecule has 112 valence electrons. The Morgan fingerprint density at radius 2 is 1.58 bits per heavy atom. The highest BCUT2D eigenvalue weighted by Crippen LogP contribution is 2.33. The second kappa shape index (κ2) is 6.53. The third-order valence-corrected chi connectivity index (χ3v) is 5.27. The second-order valence-electron chi connectivity index (χ2n) is 7.07. The van der Waals surface area contributed by atoms with E-state index in [9.17, 15) is 4.39 Å².